The highest BCUT2D eigenvalue weighted by atomic mass is 127. The molecule has 0 radical (unpaired) electrons. The zero-order valence-electron chi connectivity index (χ0n) is 11.3. The summed E-state index contributed by atoms with van der Waals surface area (Å²) < 4.78 is 9.81. The van der Waals surface area contributed by atoms with Gasteiger partial charge in [0.1, 0.15) is 17.4 Å². The molecule has 20 heavy (non-hydrogen) atoms. The Kier molecular flexibility index (Phi) is 6.20. The number of alkyl halides is 2. The number of esters is 1. The SMILES string of the molecule is COC(=O)c1cc(C(C)=O)ccc1OC(C)C(N)(I)I. The van der Waals surface area contributed by atoms with Crippen LogP contribution in [0.2, 0.25) is 0 Å². The second-order valence-electron chi connectivity index (χ2n) is 4.19. The van der Waals surface area contributed by atoms with E-state index in [1.807, 2.05) is 0 Å². The zero-order chi connectivity index (χ0) is 15.5. The predicted molar refractivity (Wildman–Crippen MR) is 92.8 cm³/mol. The van der Waals surface area contributed by atoms with Gasteiger partial charge in [-0.05, 0) is 77.2 Å². The van der Waals surface area contributed by atoms with Crippen LogP contribution in [0.5, 0.6) is 5.75 Å². The van der Waals surface area contributed by atoms with E-state index in [9.17, 15) is 9.59 Å². The van der Waals surface area contributed by atoms with Crippen molar-refractivity contribution in [3.63, 3.8) is 0 Å². The number of Topliss-reactive ketones (excluding diaryl/α,β-unsaturated/α-hetero) is 1. The lowest BCUT2D eigenvalue weighted by Gasteiger charge is -2.25. The van der Waals surface area contributed by atoms with Crippen LogP contribution in [0.4, 0.5) is 0 Å². The fourth-order valence-electron chi connectivity index (χ4n) is 1.39. The van der Waals surface area contributed by atoms with Gasteiger partial charge in [0.05, 0.1) is 7.11 Å². The summed E-state index contributed by atoms with van der Waals surface area (Å²) >= 11 is 4.11. The molecule has 1 unspecified atom stereocenters. The van der Waals surface area contributed by atoms with Crippen LogP contribution in [0.3, 0.4) is 0 Å². The fourth-order valence-corrected chi connectivity index (χ4v) is 1.64. The molecule has 7 heteroatoms. The molecule has 0 aliphatic rings. The van der Waals surface area contributed by atoms with Crippen molar-refractivity contribution in [1.29, 1.82) is 0 Å². The topological polar surface area (TPSA) is 78.6 Å². The van der Waals surface area contributed by atoms with Gasteiger partial charge in [-0.25, -0.2) is 4.79 Å². The van der Waals surface area contributed by atoms with Gasteiger partial charge in [0, 0.05) is 5.56 Å². The normalized spacial score (nSPS) is 12.7. The summed E-state index contributed by atoms with van der Waals surface area (Å²) in [5.41, 5.74) is 6.58. The number of ketones is 1. The lowest BCUT2D eigenvalue weighted by atomic mass is 10.1. The van der Waals surface area contributed by atoms with E-state index in [0.29, 0.717) is 11.3 Å². The van der Waals surface area contributed by atoms with E-state index in [-0.39, 0.29) is 17.5 Å². The molecule has 0 fully saturated rings. The largest absolute Gasteiger partial charge is 0.486 e. The van der Waals surface area contributed by atoms with Gasteiger partial charge in [-0.3, -0.25) is 4.79 Å². The quantitative estimate of drug-likeness (QED) is 0.220. The molecule has 0 aromatic heterocycles. The fraction of sp³-hybridized carbons (Fsp3) is 0.385. The van der Waals surface area contributed by atoms with E-state index in [4.69, 9.17) is 15.2 Å². The maximum Gasteiger partial charge on any atom is 0.341 e. The van der Waals surface area contributed by atoms with Gasteiger partial charge in [0.2, 0.25) is 0 Å². The lowest BCUT2D eigenvalue weighted by molar-refractivity contribution is 0.0593. The second kappa shape index (κ2) is 7.03. The first-order valence-corrected chi connectivity index (χ1v) is 7.89. The first kappa shape index (κ1) is 17.6. The highest BCUT2D eigenvalue weighted by Crippen LogP contribution is 2.30. The highest BCUT2D eigenvalue weighted by molar-refractivity contribution is 14.2. The summed E-state index contributed by atoms with van der Waals surface area (Å²) in [6.07, 6.45) is -0.338. The number of carbonyl (C=O) groups excluding carboxylic acids is 2. The van der Waals surface area contributed by atoms with E-state index in [2.05, 4.69) is 45.2 Å². The van der Waals surface area contributed by atoms with Crippen molar-refractivity contribution < 1.29 is 19.1 Å². The van der Waals surface area contributed by atoms with Crippen LogP contribution in [-0.2, 0) is 4.74 Å². The Balaban J connectivity index is 3.19. The highest BCUT2D eigenvalue weighted by Gasteiger charge is 2.28. The smallest absolute Gasteiger partial charge is 0.341 e. The van der Waals surface area contributed by atoms with E-state index in [0.717, 1.165) is 0 Å². The third-order valence-corrected chi connectivity index (χ3v) is 4.39. The van der Waals surface area contributed by atoms with Crippen molar-refractivity contribution in [3.8, 4) is 5.75 Å². The number of rotatable bonds is 5. The zero-order valence-corrected chi connectivity index (χ0v) is 15.6. The van der Waals surface area contributed by atoms with Gasteiger partial charge in [-0.15, -0.1) is 0 Å². The van der Waals surface area contributed by atoms with E-state index in [1.54, 1.807) is 19.1 Å². The Bertz CT molecular complexity index is 526. The summed E-state index contributed by atoms with van der Waals surface area (Å²) in [5.74, 6) is -0.344. The molecule has 0 saturated carbocycles. The standard InChI is InChI=1S/C13H15I2NO4/c1-7(17)9-4-5-11(10(6-9)12(18)19-3)20-8(2)13(14,15)16/h4-6,8H,16H2,1-3H3. The summed E-state index contributed by atoms with van der Waals surface area (Å²) in [7, 11) is 1.28. The average molecular weight is 503 g/mol. The van der Waals surface area contributed by atoms with Crippen molar-refractivity contribution in [2.75, 3.05) is 7.11 Å². The van der Waals surface area contributed by atoms with Gasteiger partial charge in [0.15, 0.2) is 7.34 Å². The Morgan fingerprint density at radius 1 is 1.35 bits per heavy atom. The molecule has 0 bridgehead atoms. The van der Waals surface area contributed by atoms with Gasteiger partial charge in [0.25, 0.3) is 0 Å². The molecule has 5 nitrogen and oxygen atoms in total. The first-order chi connectivity index (χ1) is 9.16. The van der Waals surface area contributed by atoms with Gasteiger partial charge in [-0.1, -0.05) is 0 Å². The van der Waals surface area contributed by atoms with Crippen LogP contribution in [0.15, 0.2) is 18.2 Å². The summed E-state index contributed by atoms with van der Waals surface area (Å²) in [6.45, 7) is 3.24. The predicted octanol–water partition coefficient (Wildman–Crippen LogP) is 2.93. The van der Waals surface area contributed by atoms with E-state index >= 15 is 0 Å². The molecule has 2 N–H and O–H groups in total. The molecule has 1 atom stereocenters. The van der Waals surface area contributed by atoms with Crippen molar-refractivity contribution >= 4 is 56.9 Å². The van der Waals surface area contributed by atoms with Crippen LogP contribution in [0.1, 0.15) is 34.6 Å². The van der Waals surface area contributed by atoms with Crippen molar-refractivity contribution in [1.82, 2.24) is 0 Å². The number of hydrogen-bond acceptors (Lipinski definition) is 5. The Hall–Kier alpha value is -0.420. The molecule has 0 amide bonds. The molecule has 0 aliphatic carbocycles. The minimum absolute atomic E-state index is 0.134. The summed E-state index contributed by atoms with van der Waals surface area (Å²) in [6, 6.07) is 4.66. The number of hydrogen-bond donors (Lipinski definition) is 1. The Labute approximate surface area is 144 Å². The Morgan fingerprint density at radius 2 is 1.95 bits per heavy atom. The third kappa shape index (κ3) is 4.55. The molecular formula is C13H15I2NO4. The average Bonchev–Trinajstić information content (AvgIpc) is 2.36. The maximum atomic E-state index is 11.8. The van der Waals surface area contributed by atoms with Crippen molar-refractivity contribution in [2.45, 2.75) is 21.5 Å². The summed E-state index contributed by atoms with van der Waals surface area (Å²) in [5, 5.41) is 0. The van der Waals surface area contributed by atoms with Gasteiger partial charge >= 0.3 is 5.97 Å². The minimum Gasteiger partial charge on any atom is -0.486 e. The number of carbonyl (C=O) groups is 2. The molecule has 0 heterocycles. The van der Waals surface area contributed by atoms with Gasteiger partial charge < -0.3 is 15.2 Å². The lowest BCUT2D eigenvalue weighted by Crippen LogP contribution is -2.40. The second-order valence-corrected chi connectivity index (χ2v) is 9.83. The number of halogens is 2. The van der Waals surface area contributed by atoms with Crippen molar-refractivity contribution in [3.05, 3.63) is 29.3 Å². The molecule has 0 aliphatic heterocycles. The number of methoxy groups -OCH3 is 1. The molecule has 1 aromatic rings. The molecule has 1 rings (SSSR count). The van der Waals surface area contributed by atoms with Crippen LogP contribution in [-0.4, -0.2) is 26.5 Å². The number of nitrogens with two attached hydrogens (primary N) is 1. The van der Waals surface area contributed by atoms with Crippen LogP contribution in [0, 0.1) is 0 Å². The van der Waals surface area contributed by atoms with Crippen LogP contribution in [0.25, 0.3) is 0 Å². The third-order valence-electron chi connectivity index (χ3n) is 2.64. The monoisotopic (exact) mass is 503 g/mol. The van der Waals surface area contributed by atoms with Crippen molar-refractivity contribution in [2.24, 2.45) is 5.73 Å². The molecular weight excluding hydrogens is 488 g/mol. The summed E-state index contributed by atoms with van der Waals surface area (Å²) in [4.78, 5) is 23.2. The number of ether oxygens (including phenoxy) is 2. The number of benzene rings is 1. The Morgan fingerprint density at radius 3 is 2.40 bits per heavy atom. The maximum absolute atomic E-state index is 11.8. The molecule has 0 saturated heterocycles. The molecule has 0 spiro atoms. The van der Waals surface area contributed by atoms with Crippen LogP contribution < -0.4 is 10.5 Å². The first-order valence-electron chi connectivity index (χ1n) is 5.73. The molecule has 1 aromatic carbocycles. The van der Waals surface area contributed by atoms with Gasteiger partial charge in [-0.2, -0.15) is 0 Å². The minimum atomic E-state index is -0.623. The van der Waals surface area contributed by atoms with E-state index < -0.39 is 7.52 Å². The molecule has 110 valence electrons. The van der Waals surface area contributed by atoms with E-state index in [1.165, 1.54) is 20.1 Å². The van der Waals surface area contributed by atoms with Crippen LogP contribution >= 0.6 is 45.2 Å².